The van der Waals surface area contributed by atoms with Gasteiger partial charge in [0.25, 0.3) is 5.69 Å². The number of piperazine rings is 1. The van der Waals surface area contributed by atoms with Crippen LogP contribution in [0.3, 0.4) is 0 Å². The van der Waals surface area contributed by atoms with Gasteiger partial charge in [-0.1, -0.05) is 12.1 Å². The number of carbonyl (C=O) groups is 2. The van der Waals surface area contributed by atoms with Crippen LogP contribution < -0.4 is 10.2 Å². The van der Waals surface area contributed by atoms with Gasteiger partial charge < -0.3 is 14.5 Å². The molecule has 34 heavy (non-hydrogen) atoms. The molecular formula is C23H24FN5O5. The van der Waals surface area contributed by atoms with Crippen molar-refractivity contribution in [1.29, 1.82) is 0 Å². The number of nitro groups is 1. The molecule has 1 saturated heterocycles. The molecule has 0 radical (unpaired) electrons. The van der Waals surface area contributed by atoms with Gasteiger partial charge in [0.1, 0.15) is 11.9 Å². The summed E-state index contributed by atoms with van der Waals surface area (Å²) in [5.41, 5.74) is 1.12. The molecule has 0 spiro atoms. The number of rotatable bonds is 5. The van der Waals surface area contributed by atoms with Crippen LogP contribution in [0.1, 0.15) is 18.5 Å². The molecule has 2 aliphatic rings. The second kappa shape index (κ2) is 9.86. The molecule has 2 aromatic carbocycles. The molecule has 2 atom stereocenters. The fourth-order valence-corrected chi connectivity index (χ4v) is 4.12. The molecule has 0 aliphatic carbocycles. The minimum Gasteiger partial charge on any atom is -0.465 e. The molecule has 0 aromatic heterocycles. The molecule has 2 aromatic rings. The standard InChI is InChI=1S/C23H24FN5O5/c1-2-34-22(31)19-20(15-4-3-5-18(14-15)29(32)33)25-23(26-21(19)30)28-12-10-27(11-13-28)17-8-6-16(24)7-9-17/h3-9,14,19-20H,2,10-13H2,1H3,(H,25,26,30)/t19-,20+/m0/s1. The van der Waals surface area contributed by atoms with Crippen LogP contribution in [0, 0.1) is 21.8 Å². The van der Waals surface area contributed by atoms with E-state index in [4.69, 9.17) is 4.74 Å². The topological polar surface area (TPSA) is 117 Å². The number of ether oxygens (including phenoxy) is 1. The highest BCUT2D eigenvalue weighted by Gasteiger charge is 2.42. The molecule has 178 valence electrons. The second-order valence-electron chi connectivity index (χ2n) is 7.92. The summed E-state index contributed by atoms with van der Waals surface area (Å²) in [6, 6.07) is 11.1. The highest BCUT2D eigenvalue weighted by molar-refractivity contribution is 6.08. The van der Waals surface area contributed by atoms with E-state index in [-0.39, 0.29) is 18.1 Å². The number of nitrogens with one attached hydrogen (secondary N) is 1. The molecule has 1 N–H and O–H groups in total. The smallest absolute Gasteiger partial charge is 0.321 e. The van der Waals surface area contributed by atoms with Crippen molar-refractivity contribution >= 4 is 29.2 Å². The number of amides is 1. The number of non-ortho nitro benzene ring substituents is 1. The molecule has 10 nitrogen and oxygen atoms in total. The predicted octanol–water partition coefficient (Wildman–Crippen LogP) is 2.26. The highest BCUT2D eigenvalue weighted by Crippen LogP contribution is 2.33. The van der Waals surface area contributed by atoms with Crippen LogP contribution in [0.15, 0.2) is 53.5 Å². The predicted molar refractivity (Wildman–Crippen MR) is 122 cm³/mol. The summed E-state index contributed by atoms with van der Waals surface area (Å²) in [6.45, 7) is 4.01. The lowest BCUT2D eigenvalue weighted by molar-refractivity contribution is -0.384. The van der Waals surface area contributed by atoms with Gasteiger partial charge in [0.15, 0.2) is 5.92 Å². The van der Waals surface area contributed by atoms with Crippen molar-refractivity contribution in [2.45, 2.75) is 13.0 Å². The van der Waals surface area contributed by atoms with Gasteiger partial charge in [-0.15, -0.1) is 0 Å². The SMILES string of the molecule is CCOC(=O)[C@@H]1C(=O)NC(N2CCN(c3ccc(F)cc3)CC2)=N[C@@H]1c1cccc([N+](=O)[O-])c1. The molecule has 1 fully saturated rings. The van der Waals surface area contributed by atoms with Gasteiger partial charge >= 0.3 is 5.97 Å². The van der Waals surface area contributed by atoms with E-state index in [2.05, 4.69) is 15.2 Å². The van der Waals surface area contributed by atoms with Gasteiger partial charge in [-0.2, -0.15) is 0 Å². The lowest BCUT2D eigenvalue weighted by Crippen LogP contribution is -2.57. The van der Waals surface area contributed by atoms with Crippen molar-refractivity contribution < 1.29 is 23.6 Å². The van der Waals surface area contributed by atoms with Crippen LogP contribution in [0.2, 0.25) is 0 Å². The number of guanidine groups is 1. The largest absolute Gasteiger partial charge is 0.465 e. The number of nitro benzene ring substituents is 1. The Labute approximate surface area is 195 Å². The third-order valence-electron chi connectivity index (χ3n) is 5.83. The van der Waals surface area contributed by atoms with Crippen LogP contribution in [-0.4, -0.2) is 60.4 Å². The summed E-state index contributed by atoms with van der Waals surface area (Å²) in [6.07, 6.45) is 0. The van der Waals surface area contributed by atoms with Crippen LogP contribution in [0.5, 0.6) is 0 Å². The summed E-state index contributed by atoms with van der Waals surface area (Å²) in [4.78, 5) is 44.9. The van der Waals surface area contributed by atoms with Crippen molar-refractivity contribution in [1.82, 2.24) is 10.2 Å². The van der Waals surface area contributed by atoms with E-state index in [1.165, 1.54) is 30.3 Å². The van der Waals surface area contributed by atoms with E-state index in [0.29, 0.717) is 37.7 Å². The zero-order valence-electron chi connectivity index (χ0n) is 18.5. The second-order valence-corrected chi connectivity index (χ2v) is 7.92. The molecular weight excluding hydrogens is 445 g/mol. The van der Waals surface area contributed by atoms with Crippen molar-refractivity contribution in [3.63, 3.8) is 0 Å². The summed E-state index contributed by atoms with van der Waals surface area (Å²) >= 11 is 0. The average Bonchev–Trinajstić information content (AvgIpc) is 2.84. The Morgan fingerprint density at radius 1 is 1.18 bits per heavy atom. The molecule has 2 aliphatic heterocycles. The van der Waals surface area contributed by atoms with E-state index in [1.54, 1.807) is 25.1 Å². The lowest BCUT2D eigenvalue weighted by Gasteiger charge is -2.39. The molecule has 0 bridgehead atoms. The van der Waals surface area contributed by atoms with Gasteiger partial charge in [0.05, 0.1) is 11.5 Å². The number of carbonyl (C=O) groups excluding carboxylic acids is 2. The maximum Gasteiger partial charge on any atom is 0.321 e. The Kier molecular flexibility index (Phi) is 6.71. The van der Waals surface area contributed by atoms with Crippen LogP contribution in [0.25, 0.3) is 0 Å². The molecule has 0 unspecified atom stereocenters. The Bertz CT molecular complexity index is 1110. The van der Waals surface area contributed by atoms with E-state index in [0.717, 1.165) is 5.69 Å². The van der Waals surface area contributed by atoms with Gasteiger partial charge in [0.2, 0.25) is 11.9 Å². The fraction of sp³-hybridized carbons (Fsp3) is 0.348. The first-order valence-corrected chi connectivity index (χ1v) is 10.9. The average molecular weight is 469 g/mol. The third-order valence-corrected chi connectivity index (χ3v) is 5.83. The highest BCUT2D eigenvalue weighted by atomic mass is 19.1. The van der Waals surface area contributed by atoms with E-state index in [1.807, 2.05) is 4.90 Å². The molecule has 4 rings (SSSR count). The zero-order chi connectivity index (χ0) is 24.2. The monoisotopic (exact) mass is 469 g/mol. The summed E-state index contributed by atoms with van der Waals surface area (Å²) in [5, 5.41) is 14.0. The first-order chi connectivity index (χ1) is 16.4. The van der Waals surface area contributed by atoms with E-state index in [9.17, 15) is 24.1 Å². The third kappa shape index (κ3) is 4.82. The Balaban J connectivity index is 1.59. The Morgan fingerprint density at radius 2 is 1.85 bits per heavy atom. The minimum absolute atomic E-state index is 0.0895. The first-order valence-electron chi connectivity index (χ1n) is 10.9. The quantitative estimate of drug-likeness (QED) is 0.309. The van der Waals surface area contributed by atoms with Gasteiger partial charge in [-0.3, -0.25) is 25.0 Å². The van der Waals surface area contributed by atoms with Crippen molar-refractivity contribution in [3.8, 4) is 0 Å². The molecule has 2 heterocycles. The lowest BCUT2D eigenvalue weighted by atomic mass is 9.91. The van der Waals surface area contributed by atoms with Gasteiger partial charge in [0, 0.05) is 44.0 Å². The Hall–Kier alpha value is -4.02. The summed E-state index contributed by atoms with van der Waals surface area (Å²) < 4.78 is 18.3. The first kappa shape index (κ1) is 23.1. The summed E-state index contributed by atoms with van der Waals surface area (Å²) in [5.74, 6) is -2.56. The number of nitrogens with zero attached hydrogens (tertiary/aromatic N) is 4. The normalized spacial score (nSPS) is 20.4. The van der Waals surface area contributed by atoms with Crippen LogP contribution >= 0.6 is 0 Å². The molecule has 0 saturated carbocycles. The maximum atomic E-state index is 13.2. The minimum atomic E-state index is -1.26. The van der Waals surface area contributed by atoms with Crippen LogP contribution in [0.4, 0.5) is 15.8 Å². The van der Waals surface area contributed by atoms with Crippen molar-refractivity contribution in [2.75, 3.05) is 37.7 Å². The van der Waals surface area contributed by atoms with Gasteiger partial charge in [-0.25, -0.2) is 9.38 Å². The van der Waals surface area contributed by atoms with Crippen molar-refractivity contribution in [3.05, 3.63) is 70.0 Å². The van der Waals surface area contributed by atoms with Gasteiger partial charge in [-0.05, 0) is 36.8 Å². The summed E-state index contributed by atoms with van der Waals surface area (Å²) in [7, 11) is 0. The molecule has 1 amide bonds. The maximum absolute atomic E-state index is 13.2. The number of esters is 1. The van der Waals surface area contributed by atoms with Crippen molar-refractivity contribution in [2.24, 2.45) is 10.9 Å². The number of benzene rings is 2. The fourth-order valence-electron chi connectivity index (χ4n) is 4.12. The molecule has 11 heteroatoms. The zero-order valence-corrected chi connectivity index (χ0v) is 18.5. The van der Waals surface area contributed by atoms with E-state index >= 15 is 0 Å². The number of aliphatic imine (C=N–C) groups is 1. The number of hydrogen-bond acceptors (Lipinski definition) is 8. The Morgan fingerprint density at radius 3 is 2.50 bits per heavy atom. The number of halogens is 1. The number of hydrogen-bond donors (Lipinski definition) is 1. The van der Waals surface area contributed by atoms with Crippen LogP contribution in [-0.2, 0) is 14.3 Å². The number of anilines is 1. The van der Waals surface area contributed by atoms with E-state index < -0.39 is 28.8 Å².